The molecule has 126 valence electrons. The lowest BCUT2D eigenvalue weighted by Crippen LogP contribution is -2.32. The van der Waals surface area contributed by atoms with Crippen LogP contribution in [-0.2, 0) is 23.9 Å². The van der Waals surface area contributed by atoms with Crippen LogP contribution in [0.25, 0.3) is 0 Å². The van der Waals surface area contributed by atoms with Crippen LogP contribution in [0.3, 0.4) is 0 Å². The molecule has 2 aromatic rings. The van der Waals surface area contributed by atoms with E-state index < -0.39 is 17.6 Å². The van der Waals surface area contributed by atoms with Crippen molar-refractivity contribution in [2.75, 3.05) is 0 Å². The Balaban J connectivity index is 1.68. The molecule has 1 heterocycles. The van der Waals surface area contributed by atoms with Crippen molar-refractivity contribution < 1.29 is 22.4 Å². The quantitative estimate of drug-likeness (QED) is 0.837. The number of alkyl halides is 3. The van der Waals surface area contributed by atoms with Crippen molar-refractivity contribution in [3.8, 4) is 0 Å². The van der Waals surface area contributed by atoms with Gasteiger partial charge in [0.2, 0.25) is 5.91 Å². The maximum Gasteiger partial charge on any atom is 0.416 e. The molecular weight excluding hydrogens is 342 g/mol. The van der Waals surface area contributed by atoms with Gasteiger partial charge in [-0.15, -0.1) is 11.8 Å². The van der Waals surface area contributed by atoms with Gasteiger partial charge in [0.05, 0.1) is 10.8 Å². The van der Waals surface area contributed by atoms with Gasteiger partial charge in [0.15, 0.2) is 0 Å². The number of benzene rings is 2. The summed E-state index contributed by atoms with van der Waals surface area (Å²) in [5.41, 5.74) is -0.164. The number of carbonyl (C=O) groups excluding carboxylic acids is 1. The molecule has 1 N–H and O–H groups in total. The molecule has 0 aromatic heterocycles. The number of fused-ring (bicyclic) bond motifs is 1. The number of nitrogens with one attached hydrogen (secondary N) is 1. The molecular formula is C17H13F4NOS. The fourth-order valence-electron chi connectivity index (χ4n) is 2.59. The molecule has 1 aliphatic rings. The Hall–Kier alpha value is -2.02. The molecule has 0 aliphatic carbocycles. The number of hydrogen-bond donors (Lipinski definition) is 1. The number of hydrogen-bond acceptors (Lipinski definition) is 2. The molecule has 24 heavy (non-hydrogen) atoms. The molecule has 1 atom stereocenters. The Morgan fingerprint density at radius 1 is 1.21 bits per heavy atom. The Morgan fingerprint density at radius 3 is 2.67 bits per heavy atom. The predicted molar refractivity (Wildman–Crippen MR) is 83.0 cm³/mol. The van der Waals surface area contributed by atoms with Crippen LogP contribution in [0.1, 0.15) is 16.7 Å². The second-order valence-electron chi connectivity index (χ2n) is 5.44. The molecule has 0 radical (unpaired) electrons. The molecule has 0 saturated heterocycles. The summed E-state index contributed by atoms with van der Waals surface area (Å²) in [6, 6.07) is 10.0. The minimum atomic E-state index is -4.67. The van der Waals surface area contributed by atoms with Gasteiger partial charge in [-0.2, -0.15) is 13.2 Å². The molecule has 1 amide bonds. The summed E-state index contributed by atoms with van der Waals surface area (Å²) in [5, 5.41) is 2.16. The maximum absolute atomic E-state index is 13.1. The van der Waals surface area contributed by atoms with Crippen molar-refractivity contribution >= 4 is 17.7 Å². The van der Waals surface area contributed by atoms with E-state index in [2.05, 4.69) is 5.32 Å². The van der Waals surface area contributed by atoms with E-state index in [1.54, 1.807) is 0 Å². The van der Waals surface area contributed by atoms with Gasteiger partial charge >= 0.3 is 6.18 Å². The molecule has 3 rings (SSSR count). The lowest BCUT2D eigenvalue weighted by atomic mass is 10.1. The van der Waals surface area contributed by atoms with Gasteiger partial charge in [-0.25, -0.2) is 4.39 Å². The van der Waals surface area contributed by atoms with Crippen LogP contribution >= 0.6 is 11.8 Å². The zero-order valence-electron chi connectivity index (χ0n) is 12.4. The highest BCUT2D eigenvalue weighted by Crippen LogP contribution is 2.37. The van der Waals surface area contributed by atoms with Gasteiger partial charge in [0.1, 0.15) is 5.82 Å². The van der Waals surface area contributed by atoms with Crippen molar-refractivity contribution in [2.24, 2.45) is 0 Å². The smallest absolute Gasteiger partial charge is 0.351 e. The van der Waals surface area contributed by atoms with Crippen molar-refractivity contribution in [1.29, 1.82) is 0 Å². The minimum Gasteiger partial charge on any atom is -0.351 e. The van der Waals surface area contributed by atoms with Gasteiger partial charge in [-0.3, -0.25) is 4.79 Å². The summed E-state index contributed by atoms with van der Waals surface area (Å²) in [5.74, 6) is -1.28. The summed E-state index contributed by atoms with van der Waals surface area (Å²) in [6.07, 6.45) is -4.12. The largest absolute Gasteiger partial charge is 0.416 e. The van der Waals surface area contributed by atoms with E-state index in [0.29, 0.717) is 12.5 Å². The number of amides is 1. The first-order valence-electron chi connectivity index (χ1n) is 7.22. The van der Waals surface area contributed by atoms with E-state index >= 15 is 0 Å². The highest BCUT2D eigenvalue weighted by Gasteiger charge is 2.34. The van der Waals surface area contributed by atoms with E-state index in [1.165, 1.54) is 11.8 Å². The number of rotatable bonds is 3. The Bertz CT molecular complexity index is 750. The number of carbonyl (C=O) groups is 1. The molecule has 1 aliphatic heterocycles. The van der Waals surface area contributed by atoms with Crippen LogP contribution in [0.4, 0.5) is 17.6 Å². The van der Waals surface area contributed by atoms with Gasteiger partial charge in [0.25, 0.3) is 0 Å². The van der Waals surface area contributed by atoms with E-state index in [0.717, 1.165) is 22.6 Å². The van der Waals surface area contributed by atoms with Crippen molar-refractivity contribution in [3.63, 3.8) is 0 Å². The van der Waals surface area contributed by atoms with Gasteiger partial charge in [-0.05, 0) is 35.7 Å². The monoisotopic (exact) mass is 355 g/mol. The first-order valence-corrected chi connectivity index (χ1v) is 8.10. The van der Waals surface area contributed by atoms with E-state index in [4.69, 9.17) is 0 Å². The average molecular weight is 355 g/mol. The van der Waals surface area contributed by atoms with Crippen LogP contribution in [-0.4, -0.2) is 11.2 Å². The first kappa shape index (κ1) is 16.8. The molecule has 0 saturated carbocycles. The SMILES string of the molecule is O=C(NCc1ccc(F)cc1C(F)(F)F)C1Cc2ccccc2S1. The van der Waals surface area contributed by atoms with Crippen molar-refractivity contribution in [3.05, 3.63) is 65.0 Å². The third kappa shape index (κ3) is 3.56. The molecule has 7 heteroatoms. The third-order valence-electron chi connectivity index (χ3n) is 3.77. The van der Waals surface area contributed by atoms with Gasteiger partial charge in [0, 0.05) is 11.4 Å². The van der Waals surface area contributed by atoms with Crippen LogP contribution < -0.4 is 5.32 Å². The summed E-state index contributed by atoms with van der Waals surface area (Å²) in [6.45, 7) is -0.290. The zero-order chi connectivity index (χ0) is 17.3. The first-order chi connectivity index (χ1) is 11.3. The Labute approximate surface area is 140 Å². The van der Waals surface area contributed by atoms with E-state index in [-0.39, 0.29) is 23.3 Å². The summed E-state index contributed by atoms with van der Waals surface area (Å²) in [7, 11) is 0. The second-order valence-corrected chi connectivity index (χ2v) is 6.68. The van der Waals surface area contributed by atoms with Crippen molar-refractivity contribution in [2.45, 2.75) is 29.3 Å². The molecule has 0 spiro atoms. The number of halogens is 4. The van der Waals surface area contributed by atoms with Crippen molar-refractivity contribution in [1.82, 2.24) is 5.32 Å². The van der Waals surface area contributed by atoms with E-state index in [1.807, 2.05) is 24.3 Å². The fourth-order valence-corrected chi connectivity index (χ4v) is 3.81. The standard InChI is InChI=1S/C17H13F4NOS/c18-12-6-5-11(13(8-12)17(19,20)21)9-22-16(23)15-7-10-3-1-2-4-14(10)24-15/h1-6,8,15H,7,9H2,(H,22,23). The predicted octanol–water partition coefficient (Wildman–Crippen LogP) is 4.18. The number of thioether (sulfide) groups is 1. The lowest BCUT2D eigenvalue weighted by molar-refractivity contribution is -0.138. The summed E-state index contributed by atoms with van der Waals surface area (Å²) < 4.78 is 51.9. The van der Waals surface area contributed by atoms with Crippen LogP contribution in [0, 0.1) is 5.82 Å². The van der Waals surface area contributed by atoms with Gasteiger partial charge in [-0.1, -0.05) is 24.3 Å². The molecule has 1 unspecified atom stereocenters. The zero-order valence-corrected chi connectivity index (χ0v) is 13.2. The highest BCUT2D eigenvalue weighted by molar-refractivity contribution is 8.01. The normalized spacial score (nSPS) is 16.8. The van der Waals surface area contributed by atoms with Gasteiger partial charge < -0.3 is 5.32 Å². The van der Waals surface area contributed by atoms with Crippen LogP contribution in [0.2, 0.25) is 0 Å². The fraction of sp³-hybridized carbons (Fsp3) is 0.235. The van der Waals surface area contributed by atoms with Crippen LogP contribution in [0.5, 0.6) is 0 Å². The third-order valence-corrected chi connectivity index (χ3v) is 5.09. The Kier molecular flexibility index (Phi) is 4.54. The average Bonchev–Trinajstić information content (AvgIpc) is 2.96. The highest BCUT2D eigenvalue weighted by atomic mass is 32.2. The lowest BCUT2D eigenvalue weighted by Gasteiger charge is -2.15. The summed E-state index contributed by atoms with van der Waals surface area (Å²) >= 11 is 1.40. The minimum absolute atomic E-state index is 0.155. The molecule has 2 aromatic carbocycles. The second kappa shape index (κ2) is 6.47. The summed E-state index contributed by atoms with van der Waals surface area (Å²) in [4.78, 5) is 13.2. The Morgan fingerprint density at radius 2 is 1.96 bits per heavy atom. The molecule has 0 bridgehead atoms. The van der Waals surface area contributed by atoms with E-state index in [9.17, 15) is 22.4 Å². The molecule has 0 fully saturated rings. The topological polar surface area (TPSA) is 29.1 Å². The maximum atomic E-state index is 13.1. The molecule has 2 nitrogen and oxygen atoms in total. The van der Waals surface area contributed by atoms with Crippen LogP contribution in [0.15, 0.2) is 47.4 Å².